The highest BCUT2D eigenvalue weighted by atomic mass is 32.1. The second-order valence-corrected chi connectivity index (χ2v) is 14.1. The Morgan fingerprint density at radius 1 is 0.358 bits per heavy atom. The molecular formula is C48H30N4S. The molecular weight excluding hydrogens is 665 g/mol. The summed E-state index contributed by atoms with van der Waals surface area (Å²) in [5, 5.41) is 3.69. The zero-order chi connectivity index (χ0) is 35.1. The van der Waals surface area contributed by atoms with Crippen LogP contribution in [0.25, 0.3) is 98.5 Å². The predicted molar refractivity (Wildman–Crippen MR) is 221 cm³/mol. The van der Waals surface area contributed by atoms with Crippen molar-refractivity contribution in [3.8, 4) is 67.4 Å². The smallest absolute Gasteiger partial charge is 0.0900 e. The van der Waals surface area contributed by atoms with Crippen molar-refractivity contribution in [1.82, 2.24) is 19.9 Å². The van der Waals surface area contributed by atoms with Crippen molar-refractivity contribution in [3.63, 3.8) is 0 Å². The summed E-state index contributed by atoms with van der Waals surface area (Å²) in [5.41, 5.74) is 13.3. The van der Waals surface area contributed by atoms with Crippen LogP contribution in [0.15, 0.2) is 182 Å². The number of fused-ring (bicyclic) bond motifs is 5. The highest BCUT2D eigenvalue weighted by Gasteiger charge is 2.17. The summed E-state index contributed by atoms with van der Waals surface area (Å²) in [7, 11) is 0. The van der Waals surface area contributed by atoms with E-state index < -0.39 is 0 Å². The van der Waals surface area contributed by atoms with Crippen LogP contribution in [-0.2, 0) is 0 Å². The van der Waals surface area contributed by atoms with Gasteiger partial charge in [0.05, 0.1) is 34.0 Å². The van der Waals surface area contributed by atoms with Gasteiger partial charge in [-0.3, -0.25) is 9.97 Å². The van der Waals surface area contributed by atoms with E-state index in [0.717, 1.165) is 72.9 Å². The van der Waals surface area contributed by atoms with E-state index in [4.69, 9.17) is 9.97 Å². The van der Waals surface area contributed by atoms with E-state index in [1.165, 1.54) is 25.6 Å². The third-order valence-corrected chi connectivity index (χ3v) is 11.0. The quantitative estimate of drug-likeness (QED) is 0.174. The summed E-state index contributed by atoms with van der Waals surface area (Å²) in [4.78, 5) is 19.4. The molecule has 10 aromatic rings. The van der Waals surface area contributed by atoms with E-state index in [9.17, 15) is 0 Å². The maximum absolute atomic E-state index is 5.32. The van der Waals surface area contributed by atoms with E-state index in [1.54, 1.807) is 12.4 Å². The number of pyridine rings is 4. The fourth-order valence-corrected chi connectivity index (χ4v) is 8.38. The number of hydrogen-bond acceptors (Lipinski definition) is 5. The normalized spacial score (nSPS) is 11.4. The highest BCUT2D eigenvalue weighted by Crippen LogP contribution is 2.43. The Balaban J connectivity index is 0.982. The molecule has 5 heterocycles. The van der Waals surface area contributed by atoms with Gasteiger partial charge in [0.1, 0.15) is 0 Å². The Bertz CT molecular complexity index is 2850. The standard InChI is InChI=1S/C48H30N4S/c1-2-10-35(11-3-1)47-46-39-12-4-5-15-45(39)53-48(46)38-25-24-36(28-42(38)52-47)33-20-16-31(17-21-33)32-18-22-34(23-19-32)37-29-43(40-13-6-8-26-49-40)51-44(30-37)41-14-7-9-27-50-41/h1-30H. The first-order chi connectivity index (χ1) is 26.2. The molecule has 5 aromatic carbocycles. The van der Waals surface area contributed by atoms with Crippen LogP contribution < -0.4 is 0 Å². The van der Waals surface area contributed by atoms with E-state index >= 15 is 0 Å². The van der Waals surface area contributed by atoms with Crippen molar-refractivity contribution in [1.29, 1.82) is 0 Å². The van der Waals surface area contributed by atoms with Gasteiger partial charge in [-0.1, -0.05) is 121 Å². The van der Waals surface area contributed by atoms with Crippen LogP contribution in [0.1, 0.15) is 0 Å². The van der Waals surface area contributed by atoms with Gasteiger partial charge in [0.2, 0.25) is 0 Å². The summed E-state index contributed by atoms with van der Waals surface area (Å²) < 4.78 is 2.57. The molecule has 0 saturated carbocycles. The van der Waals surface area contributed by atoms with Crippen LogP contribution in [0.5, 0.6) is 0 Å². The van der Waals surface area contributed by atoms with Crippen molar-refractivity contribution in [3.05, 3.63) is 182 Å². The third-order valence-electron chi connectivity index (χ3n) is 9.80. The van der Waals surface area contributed by atoms with Gasteiger partial charge in [0.25, 0.3) is 0 Å². The fourth-order valence-electron chi connectivity index (χ4n) is 7.15. The Morgan fingerprint density at radius 2 is 0.906 bits per heavy atom. The molecule has 0 amide bonds. The molecule has 10 rings (SSSR count). The minimum Gasteiger partial charge on any atom is -0.255 e. The van der Waals surface area contributed by atoms with Crippen LogP contribution in [0.3, 0.4) is 0 Å². The molecule has 53 heavy (non-hydrogen) atoms. The number of rotatable bonds is 6. The highest BCUT2D eigenvalue weighted by molar-refractivity contribution is 7.26. The summed E-state index contributed by atoms with van der Waals surface area (Å²) in [6.07, 6.45) is 3.60. The van der Waals surface area contributed by atoms with Crippen molar-refractivity contribution in [2.45, 2.75) is 0 Å². The molecule has 0 bridgehead atoms. The maximum atomic E-state index is 5.32. The van der Waals surface area contributed by atoms with Gasteiger partial charge in [-0.05, 0) is 81.9 Å². The molecule has 0 unspecified atom stereocenters. The van der Waals surface area contributed by atoms with Crippen molar-refractivity contribution in [2.75, 3.05) is 0 Å². The molecule has 0 aliphatic rings. The second kappa shape index (κ2) is 13.1. The molecule has 0 aliphatic carbocycles. The topological polar surface area (TPSA) is 51.6 Å². The summed E-state index contributed by atoms with van der Waals surface area (Å²) in [6, 6.07) is 59.5. The van der Waals surface area contributed by atoms with Crippen LogP contribution in [-0.4, -0.2) is 19.9 Å². The van der Waals surface area contributed by atoms with Gasteiger partial charge >= 0.3 is 0 Å². The van der Waals surface area contributed by atoms with Gasteiger partial charge in [-0.25, -0.2) is 9.97 Å². The molecule has 248 valence electrons. The monoisotopic (exact) mass is 694 g/mol. The molecule has 0 aliphatic heterocycles. The molecule has 5 aromatic heterocycles. The Labute approximate surface area is 310 Å². The van der Waals surface area contributed by atoms with Gasteiger partial charge in [-0.15, -0.1) is 11.3 Å². The maximum Gasteiger partial charge on any atom is 0.0900 e. The van der Waals surface area contributed by atoms with E-state index in [-0.39, 0.29) is 0 Å². The number of hydrogen-bond donors (Lipinski definition) is 0. The van der Waals surface area contributed by atoms with E-state index in [2.05, 4.69) is 143 Å². The van der Waals surface area contributed by atoms with Crippen LogP contribution in [0.4, 0.5) is 0 Å². The zero-order valence-corrected chi connectivity index (χ0v) is 29.3. The minimum absolute atomic E-state index is 0.817. The second-order valence-electron chi connectivity index (χ2n) is 13.1. The SMILES string of the molecule is c1ccc(-c2nc3cc(-c4ccc(-c5ccc(-c6cc(-c7ccccn7)nc(-c7ccccn7)c6)cc5)cc4)ccc3c3sc4ccccc4c23)cc1. The van der Waals surface area contributed by atoms with Crippen molar-refractivity contribution in [2.24, 2.45) is 0 Å². The Hall–Kier alpha value is -6.82. The predicted octanol–water partition coefficient (Wildman–Crippen LogP) is 12.8. The Kier molecular flexibility index (Phi) is 7.63. The lowest BCUT2D eigenvalue weighted by Gasteiger charge is -2.11. The third kappa shape index (κ3) is 5.74. The molecule has 4 nitrogen and oxygen atoms in total. The lowest BCUT2D eigenvalue weighted by molar-refractivity contribution is 1.22. The average Bonchev–Trinajstić information content (AvgIpc) is 3.64. The summed E-state index contributed by atoms with van der Waals surface area (Å²) >= 11 is 1.85. The molecule has 0 radical (unpaired) electrons. The summed E-state index contributed by atoms with van der Waals surface area (Å²) in [5.74, 6) is 0. The molecule has 0 fully saturated rings. The molecule has 0 atom stereocenters. The van der Waals surface area contributed by atoms with Crippen molar-refractivity contribution < 1.29 is 0 Å². The first-order valence-electron chi connectivity index (χ1n) is 17.6. The number of benzene rings is 5. The van der Waals surface area contributed by atoms with Gasteiger partial charge in [0.15, 0.2) is 0 Å². The van der Waals surface area contributed by atoms with Gasteiger partial charge in [0, 0.05) is 43.5 Å². The van der Waals surface area contributed by atoms with E-state index in [1.807, 2.05) is 47.7 Å². The molecule has 0 spiro atoms. The number of thiophene rings is 1. The summed E-state index contributed by atoms with van der Waals surface area (Å²) in [6.45, 7) is 0. The van der Waals surface area contributed by atoms with Crippen LogP contribution >= 0.6 is 11.3 Å². The first-order valence-corrected chi connectivity index (χ1v) is 18.4. The fraction of sp³-hybridized carbons (Fsp3) is 0. The molecule has 0 N–H and O–H groups in total. The van der Waals surface area contributed by atoms with Gasteiger partial charge in [-0.2, -0.15) is 0 Å². The molecule has 0 saturated heterocycles. The number of aromatic nitrogens is 4. The lowest BCUT2D eigenvalue weighted by atomic mass is 9.96. The van der Waals surface area contributed by atoms with Crippen molar-refractivity contribution >= 4 is 42.4 Å². The van der Waals surface area contributed by atoms with E-state index in [0.29, 0.717) is 0 Å². The Morgan fingerprint density at radius 3 is 1.53 bits per heavy atom. The zero-order valence-electron chi connectivity index (χ0n) is 28.5. The largest absolute Gasteiger partial charge is 0.255 e. The minimum atomic E-state index is 0.817. The van der Waals surface area contributed by atoms with Crippen LogP contribution in [0.2, 0.25) is 0 Å². The van der Waals surface area contributed by atoms with Crippen LogP contribution in [0, 0.1) is 0 Å². The molecule has 5 heteroatoms. The lowest BCUT2D eigenvalue weighted by Crippen LogP contribution is -1.93. The first kappa shape index (κ1) is 31.0. The average molecular weight is 695 g/mol. The number of nitrogens with zero attached hydrogens (tertiary/aromatic N) is 4. The van der Waals surface area contributed by atoms with Gasteiger partial charge < -0.3 is 0 Å².